The summed E-state index contributed by atoms with van der Waals surface area (Å²) in [6.45, 7) is 0. The monoisotopic (exact) mass is 907 g/mol. The topological polar surface area (TPSA) is 14.8 Å². The molecule has 14 aromatic rings. The first kappa shape index (κ1) is 40.1. The third-order valence-electron chi connectivity index (χ3n) is 14.8. The Morgan fingerprint density at radius 3 is 1.20 bits per heavy atom. The molecule has 0 radical (unpaired) electrons. The van der Waals surface area contributed by atoms with Crippen molar-refractivity contribution in [1.82, 2.24) is 13.7 Å². The van der Waals surface area contributed by atoms with Crippen molar-refractivity contribution < 1.29 is 0 Å². The van der Waals surface area contributed by atoms with Gasteiger partial charge in [0.25, 0.3) is 0 Å². The quantitative estimate of drug-likeness (QED) is 0.107. The number of benzene rings is 11. The summed E-state index contributed by atoms with van der Waals surface area (Å²) in [7, 11) is -2.80. The summed E-state index contributed by atoms with van der Waals surface area (Å²) in [6.07, 6.45) is 0. The molecule has 11 aromatic carbocycles. The number of hydrogen-bond donors (Lipinski definition) is 0. The lowest BCUT2D eigenvalue weighted by Crippen LogP contribution is -2.74. The Bertz CT molecular complexity index is 4180. The molecule has 3 nitrogen and oxygen atoms in total. The van der Waals surface area contributed by atoms with Crippen LogP contribution in [0.5, 0.6) is 0 Å². The first-order chi connectivity index (χ1) is 34.8. The molecule has 0 saturated carbocycles. The van der Waals surface area contributed by atoms with Gasteiger partial charge in [-0.15, -0.1) is 0 Å². The smallest absolute Gasteiger partial charge is 0.179 e. The molecule has 0 amide bonds. The van der Waals surface area contributed by atoms with Gasteiger partial charge >= 0.3 is 0 Å². The van der Waals surface area contributed by atoms with Crippen LogP contribution in [0.1, 0.15) is 0 Å². The van der Waals surface area contributed by atoms with Gasteiger partial charge in [0.05, 0.1) is 44.5 Å². The Morgan fingerprint density at radius 2 is 0.629 bits per heavy atom. The lowest BCUT2D eigenvalue weighted by atomic mass is 10.0. The van der Waals surface area contributed by atoms with Crippen molar-refractivity contribution in [3.63, 3.8) is 0 Å². The summed E-state index contributed by atoms with van der Waals surface area (Å²) in [5.74, 6) is 0. The molecule has 0 unspecified atom stereocenters. The van der Waals surface area contributed by atoms with Gasteiger partial charge < -0.3 is 13.7 Å². The molecule has 70 heavy (non-hydrogen) atoms. The second-order valence-electron chi connectivity index (χ2n) is 18.4. The maximum atomic E-state index is 2.52. The van der Waals surface area contributed by atoms with Gasteiger partial charge in [0.1, 0.15) is 0 Å². The first-order valence-electron chi connectivity index (χ1n) is 24.2. The van der Waals surface area contributed by atoms with Crippen LogP contribution >= 0.6 is 0 Å². The van der Waals surface area contributed by atoms with E-state index in [1.807, 2.05) is 0 Å². The molecule has 0 aliphatic rings. The predicted molar refractivity (Wildman–Crippen MR) is 299 cm³/mol. The molecule has 0 saturated heterocycles. The van der Waals surface area contributed by atoms with Crippen LogP contribution < -0.4 is 20.7 Å². The van der Waals surface area contributed by atoms with Crippen molar-refractivity contribution in [2.75, 3.05) is 0 Å². The van der Waals surface area contributed by atoms with Gasteiger partial charge in [-0.2, -0.15) is 0 Å². The van der Waals surface area contributed by atoms with Crippen molar-refractivity contribution in [2.45, 2.75) is 0 Å². The van der Waals surface area contributed by atoms with Crippen LogP contribution in [0.15, 0.2) is 273 Å². The molecule has 0 aliphatic carbocycles. The predicted octanol–water partition coefficient (Wildman–Crippen LogP) is 14.0. The van der Waals surface area contributed by atoms with Gasteiger partial charge in [-0.05, 0) is 92.5 Å². The van der Waals surface area contributed by atoms with Crippen LogP contribution in [0.4, 0.5) is 0 Å². The molecular weight excluding hydrogens is 863 g/mol. The molecule has 4 heteroatoms. The van der Waals surface area contributed by atoms with Gasteiger partial charge in [0.2, 0.25) is 0 Å². The summed E-state index contributed by atoms with van der Waals surface area (Å²) < 4.78 is 7.52. The van der Waals surface area contributed by atoms with E-state index >= 15 is 0 Å². The fraction of sp³-hybridized carbons (Fsp3) is 0. The molecule has 3 heterocycles. The zero-order valence-electron chi connectivity index (χ0n) is 38.3. The fourth-order valence-electron chi connectivity index (χ4n) is 11.9. The number of fused-ring (bicyclic) bond motifs is 9. The number of aromatic nitrogens is 3. The zero-order chi connectivity index (χ0) is 46.2. The molecule has 3 aromatic heterocycles. The molecule has 0 N–H and O–H groups in total. The minimum absolute atomic E-state index is 1.14. The summed E-state index contributed by atoms with van der Waals surface area (Å²) in [5, 5.41) is 12.8. The van der Waals surface area contributed by atoms with Crippen molar-refractivity contribution in [1.29, 1.82) is 0 Å². The van der Waals surface area contributed by atoms with E-state index in [2.05, 4.69) is 287 Å². The van der Waals surface area contributed by atoms with Crippen molar-refractivity contribution in [3.05, 3.63) is 273 Å². The highest BCUT2D eigenvalue weighted by Gasteiger charge is 2.41. The maximum absolute atomic E-state index is 2.80. The molecule has 0 spiro atoms. The van der Waals surface area contributed by atoms with Gasteiger partial charge in [-0.3, -0.25) is 0 Å². The van der Waals surface area contributed by atoms with Crippen LogP contribution in [-0.2, 0) is 0 Å². The largest absolute Gasteiger partial charge is 0.309 e. The minimum atomic E-state index is -2.80. The van der Waals surface area contributed by atoms with E-state index in [1.165, 1.54) is 97.3 Å². The average Bonchev–Trinajstić information content (AvgIpc) is 4.08. The highest BCUT2D eigenvalue weighted by molar-refractivity contribution is 7.19. The number of nitrogens with zero attached hydrogens (tertiary/aromatic N) is 3. The number of hydrogen-bond acceptors (Lipinski definition) is 0. The van der Waals surface area contributed by atoms with E-state index in [4.69, 9.17) is 0 Å². The van der Waals surface area contributed by atoms with Crippen LogP contribution in [0.2, 0.25) is 0 Å². The molecule has 0 aliphatic heterocycles. The van der Waals surface area contributed by atoms with Gasteiger partial charge in [0, 0.05) is 38.0 Å². The third kappa shape index (κ3) is 5.94. The van der Waals surface area contributed by atoms with Crippen LogP contribution in [0.25, 0.3) is 93.6 Å². The number of para-hydroxylation sites is 3. The maximum Gasteiger partial charge on any atom is 0.179 e. The van der Waals surface area contributed by atoms with E-state index in [0.29, 0.717) is 0 Å². The SMILES string of the molecule is c1ccc(-c2ccc3c4ccccc4n(-c4cccc5c4c4ccccc4n5-c4cccc5c4c4ccccc4n5-c4cccc([Si](c5ccccc5)(c5ccccc5)c5ccccc5)c4)c3c2)cc1. The minimum Gasteiger partial charge on any atom is -0.309 e. The van der Waals surface area contributed by atoms with Crippen molar-refractivity contribution in [2.24, 2.45) is 0 Å². The first-order valence-corrected chi connectivity index (χ1v) is 26.2. The Balaban J connectivity index is 1.02. The summed E-state index contributed by atoms with van der Waals surface area (Å²) >= 11 is 0. The zero-order valence-corrected chi connectivity index (χ0v) is 39.3. The van der Waals surface area contributed by atoms with E-state index in [0.717, 1.165) is 17.1 Å². The normalized spacial score (nSPS) is 12.0. The molecule has 0 fully saturated rings. The molecule has 0 bridgehead atoms. The summed E-state index contributed by atoms with van der Waals surface area (Å²) in [4.78, 5) is 0. The van der Waals surface area contributed by atoms with Crippen LogP contribution in [0, 0.1) is 0 Å². The van der Waals surface area contributed by atoms with Crippen molar-refractivity contribution >= 4 is 94.2 Å². The van der Waals surface area contributed by atoms with Crippen molar-refractivity contribution in [3.8, 4) is 28.2 Å². The summed E-state index contributed by atoms with van der Waals surface area (Å²) in [6, 6.07) is 101. The van der Waals surface area contributed by atoms with E-state index in [9.17, 15) is 0 Å². The lowest BCUT2D eigenvalue weighted by molar-refractivity contribution is 1.17. The van der Waals surface area contributed by atoms with E-state index in [-0.39, 0.29) is 0 Å². The standard InChI is InChI=1S/C66H45N3Si/c1-5-22-46(23-6-1)47-42-43-54-53-32-13-16-35-57(53)69(64(54)44-47)63-41-21-40-62-66(63)56-34-15-18-37-59(56)68(62)61-39-20-38-60-65(61)55-33-14-17-36-58(55)67(60)48-24-19-31-52(45-48)70(49-25-7-2-8-26-49,50-27-9-3-10-28-50)51-29-11-4-12-30-51/h1-45H. The van der Waals surface area contributed by atoms with Gasteiger partial charge in [-0.25, -0.2) is 0 Å². The van der Waals surface area contributed by atoms with Gasteiger partial charge in [-0.1, -0.05) is 212 Å². The third-order valence-corrected chi connectivity index (χ3v) is 19.5. The van der Waals surface area contributed by atoms with E-state index in [1.54, 1.807) is 0 Å². The Hall–Kier alpha value is -8.96. The second-order valence-corrected chi connectivity index (χ2v) is 22.2. The average molecular weight is 908 g/mol. The highest BCUT2D eigenvalue weighted by atomic mass is 28.3. The fourth-order valence-corrected chi connectivity index (χ4v) is 16.7. The molecular formula is C66H45N3Si. The Labute approximate surface area is 407 Å². The second kappa shape index (κ2) is 16.1. The van der Waals surface area contributed by atoms with Gasteiger partial charge in [0.15, 0.2) is 8.07 Å². The van der Waals surface area contributed by atoms with Crippen LogP contribution in [0.3, 0.4) is 0 Å². The van der Waals surface area contributed by atoms with E-state index < -0.39 is 8.07 Å². The number of rotatable bonds is 8. The Kier molecular flexibility index (Phi) is 9.23. The highest BCUT2D eigenvalue weighted by Crippen LogP contribution is 2.43. The Morgan fingerprint density at radius 1 is 0.229 bits per heavy atom. The summed E-state index contributed by atoms with van der Waals surface area (Å²) in [5.41, 5.74) is 12.9. The van der Waals surface area contributed by atoms with Crippen LogP contribution in [-0.4, -0.2) is 21.8 Å². The lowest BCUT2D eigenvalue weighted by Gasteiger charge is -2.34. The molecule has 0 atom stereocenters. The molecule has 328 valence electrons. The molecule has 14 rings (SSSR count).